The van der Waals surface area contributed by atoms with Crippen molar-refractivity contribution in [3.8, 4) is 0 Å². The van der Waals surface area contributed by atoms with E-state index in [1.807, 2.05) is 62.4 Å². The Bertz CT molecular complexity index is 1180. The Morgan fingerprint density at radius 1 is 1.00 bits per heavy atom. The maximum absolute atomic E-state index is 14.3. The van der Waals surface area contributed by atoms with Gasteiger partial charge in [-0.2, -0.15) is 0 Å². The van der Waals surface area contributed by atoms with Crippen molar-refractivity contribution in [3.63, 3.8) is 0 Å². The highest BCUT2D eigenvalue weighted by Gasteiger charge is 2.36. The Hall–Kier alpha value is -3.88. The number of amides is 4. The summed E-state index contributed by atoms with van der Waals surface area (Å²) in [4.78, 5) is 54.2. The van der Waals surface area contributed by atoms with Gasteiger partial charge in [-0.25, -0.2) is 4.79 Å². The third kappa shape index (κ3) is 11.3. The molecule has 9 heteroatoms. The summed E-state index contributed by atoms with van der Waals surface area (Å²) in [6.45, 7) is 11.6. The van der Waals surface area contributed by atoms with Gasteiger partial charge in [-0.3, -0.25) is 14.4 Å². The lowest BCUT2D eigenvalue weighted by Gasteiger charge is -2.35. The van der Waals surface area contributed by atoms with Crippen LogP contribution in [-0.4, -0.2) is 46.9 Å². The molecule has 41 heavy (non-hydrogen) atoms. The third-order valence-corrected chi connectivity index (χ3v) is 6.55. The summed E-state index contributed by atoms with van der Waals surface area (Å²) in [5.74, 6) is -1.41. The highest BCUT2D eigenvalue weighted by atomic mass is 16.6. The largest absolute Gasteiger partial charge is 0.444 e. The van der Waals surface area contributed by atoms with E-state index in [2.05, 4.69) is 17.6 Å². The summed E-state index contributed by atoms with van der Waals surface area (Å²) >= 11 is 0. The average Bonchev–Trinajstić information content (AvgIpc) is 2.90. The van der Waals surface area contributed by atoms with Gasteiger partial charge in [0.15, 0.2) is 0 Å². The Morgan fingerprint density at radius 3 is 2.29 bits per heavy atom. The van der Waals surface area contributed by atoms with Gasteiger partial charge in [0.1, 0.15) is 17.7 Å². The van der Waals surface area contributed by atoms with Gasteiger partial charge in [-0.05, 0) is 64.2 Å². The highest BCUT2D eigenvalue weighted by molar-refractivity contribution is 5.92. The quantitative estimate of drug-likeness (QED) is 0.282. The Kier molecular flexibility index (Phi) is 12.8. The average molecular weight is 567 g/mol. The van der Waals surface area contributed by atoms with E-state index in [1.165, 1.54) is 4.90 Å². The summed E-state index contributed by atoms with van der Waals surface area (Å²) in [7, 11) is 0. The molecule has 4 N–H and O–H groups in total. The van der Waals surface area contributed by atoms with Crippen molar-refractivity contribution >= 4 is 23.8 Å². The molecule has 0 radical (unpaired) electrons. The van der Waals surface area contributed by atoms with Crippen molar-refractivity contribution < 1.29 is 23.9 Å². The third-order valence-electron chi connectivity index (χ3n) is 6.55. The molecular weight excluding hydrogens is 520 g/mol. The second-order valence-electron chi connectivity index (χ2n) is 11.4. The first-order valence-corrected chi connectivity index (χ1v) is 14.3. The van der Waals surface area contributed by atoms with Crippen molar-refractivity contribution in [2.24, 2.45) is 5.73 Å². The lowest BCUT2D eigenvalue weighted by Crippen LogP contribution is -2.53. The molecule has 0 aliphatic rings. The van der Waals surface area contributed by atoms with Gasteiger partial charge in [0.25, 0.3) is 0 Å². The standard InChI is InChI=1S/C32H46N4O5/c1-7-8-12-19-36(30(39)26(17-18-27(33)37)35-31(40)41-32(4,5)6)28(25-20-22(2)15-16-23(25)3)29(38)34-21-24-13-10-9-11-14-24/h9-11,13-16,20,26,28H,7-8,12,17-19,21H2,1-6H3,(H2,33,37)(H,34,38)(H,35,40). The maximum atomic E-state index is 14.3. The smallest absolute Gasteiger partial charge is 0.408 e. The normalized spacial score (nSPS) is 12.6. The van der Waals surface area contributed by atoms with E-state index in [0.717, 1.165) is 29.5 Å². The molecule has 0 fully saturated rings. The second kappa shape index (κ2) is 15.8. The van der Waals surface area contributed by atoms with E-state index in [0.29, 0.717) is 18.5 Å². The molecule has 2 atom stereocenters. The fourth-order valence-corrected chi connectivity index (χ4v) is 4.48. The number of hydrogen-bond acceptors (Lipinski definition) is 5. The zero-order valence-electron chi connectivity index (χ0n) is 25.3. The van der Waals surface area contributed by atoms with Crippen LogP contribution in [0.25, 0.3) is 0 Å². The number of hydrogen-bond donors (Lipinski definition) is 3. The Labute approximate surface area is 244 Å². The zero-order chi connectivity index (χ0) is 30.6. The first-order valence-electron chi connectivity index (χ1n) is 14.3. The molecule has 0 saturated carbocycles. The molecule has 224 valence electrons. The summed E-state index contributed by atoms with van der Waals surface area (Å²) in [6.07, 6.45) is 1.49. The van der Waals surface area contributed by atoms with Crippen LogP contribution in [-0.2, 0) is 25.7 Å². The van der Waals surface area contributed by atoms with Crippen molar-refractivity contribution in [2.75, 3.05) is 6.54 Å². The molecule has 0 bridgehead atoms. The molecule has 2 unspecified atom stereocenters. The van der Waals surface area contributed by atoms with Gasteiger partial charge < -0.3 is 26.0 Å². The first kappa shape index (κ1) is 33.3. The number of nitrogens with zero attached hydrogens (tertiary/aromatic N) is 1. The molecule has 0 aliphatic carbocycles. The number of nitrogens with one attached hydrogen (secondary N) is 2. The maximum Gasteiger partial charge on any atom is 0.408 e. The number of unbranched alkanes of at least 4 members (excludes halogenated alkanes) is 2. The molecule has 2 aromatic rings. The summed E-state index contributed by atoms with van der Waals surface area (Å²) in [5.41, 5.74) is 8.05. The van der Waals surface area contributed by atoms with E-state index in [9.17, 15) is 19.2 Å². The summed E-state index contributed by atoms with van der Waals surface area (Å²) < 4.78 is 5.40. The summed E-state index contributed by atoms with van der Waals surface area (Å²) in [6, 6.07) is 13.3. The lowest BCUT2D eigenvalue weighted by molar-refractivity contribution is -0.143. The van der Waals surface area contributed by atoms with Crippen molar-refractivity contribution in [2.45, 2.75) is 97.9 Å². The number of carbonyl (C=O) groups is 4. The summed E-state index contributed by atoms with van der Waals surface area (Å²) in [5, 5.41) is 5.65. The molecular formula is C32H46N4O5. The molecule has 9 nitrogen and oxygen atoms in total. The van der Waals surface area contributed by atoms with E-state index in [1.54, 1.807) is 20.8 Å². The van der Waals surface area contributed by atoms with Gasteiger partial charge in [0.2, 0.25) is 17.7 Å². The van der Waals surface area contributed by atoms with Crippen LogP contribution < -0.4 is 16.4 Å². The number of primary amides is 1. The van der Waals surface area contributed by atoms with Crippen LogP contribution in [0.3, 0.4) is 0 Å². The fourth-order valence-electron chi connectivity index (χ4n) is 4.48. The van der Waals surface area contributed by atoms with Crippen molar-refractivity contribution in [1.29, 1.82) is 0 Å². The van der Waals surface area contributed by atoms with E-state index in [4.69, 9.17) is 10.5 Å². The van der Waals surface area contributed by atoms with Gasteiger partial charge in [-0.1, -0.05) is 73.9 Å². The molecule has 0 aromatic heterocycles. The Morgan fingerprint density at radius 2 is 1.68 bits per heavy atom. The number of aryl methyl sites for hydroxylation is 2. The minimum atomic E-state index is -1.12. The second-order valence-corrected chi connectivity index (χ2v) is 11.4. The lowest BCUT2D eigenvalue weighted by atomic mass is 9.95. The predicted octanol–water partition coefficient (Wildman–Crippen LogP) is 4.84. The van der Waals surface area contributed by atoms with Gasteiger partial charge in [0, 0.05) is 19.5 Å². The number of carbonyl (C=O) groups excluding carboxylic acids is 4. The molecule has 0 spiro atoms. The van der Waals surface area contributed by atoms with Gasteiger partial charge >= 0.3 is 6.09 Å². The van der Waals surface area contributed by atoms with Crippen LogP contribution in [0.1, 0.15) is 88.1 Å². The van der Waals surface area contributed by atoms with Crippen LogP contribution in [0.15, 0.2) is 48.5 Å². The number of nitrogens with two attached hydrogens (primary N) is 1. The molecule has 0 aliphatic heterocycles. The minimum absolute atomic E-state index is 0.0250. The van der Waals surface area contributed by atoms with Crippen LogP contribution in [0, 0.1) is 13.8 Å². The minimum Gasteiger partial charge on any atom is -0.444 e. The number of rotatable bonds is 14. The van der Waals surface area contributed by atoms with E-state index < -0.39 is 35.6 Å². The van der Waals surface area contributed by atoms with Crippen LogP contribution in [0.2, 0.25) is 0 Å². The monoisotopic (exact) mass is 566 g/mol. The molecule has 4 amide bonds. The van der Waals surface area contributed by atoms with Crippen molar-refractivity contribution in [1.82, 2.24) is 15.5 Å². The predicted molar refractivity (Wildman–Crippen MR) is 160 cm³/mol. The number of alkyl carbamates (subject to hydrolysis) is 1. The van der Waals surface area contributed by atoms with E-state index >= 15 is 0 Å². The van der Waals surface area contributed by atoms with Gasteiger partial charge in [0.05, 0.1) is 0 Å². The molecule has 0 saturated heterocycles. The Balaban J connectivity index is 2.54. The van der Waals surface area contributed by atoms with Crippen LogP contribution in [0.4, 0.5) is 4.79 Å². The number of benzene rings is 2. The molecule has 0 heterocycles. The van der Waals surface area contributed by atoms with E-state index in [-0.39, 0.29) is 25.3 Å². The van der Waals surface area contributed by atoms with Crippen LogP contribution >= 0.6 is 0 Å². The van der Waals surface area contributed by atoms with Gasteiger partial charge in [-0.15, -0.1) is 0 Å². The van der Waals surface area contributed by atoms with Crippen LogP contribution in [0.5, 0.6) is 0 Å². The number of ether oxygens (including phenoxy) is 1. The topological polar surface area (TPSA) is 131 Å². The van der Waals surface area contributed by atoms with Crippen molar-refractivity contribution in [3.05, 3.63) is 70.8 Å². The fraction of sp³-hybridized carbons (Fsp3) is 0.500. The first-order chi connectivity index (χ1) is 19.3. The molecule has 2 aromatic carbocycles. The SMILES string of the molecule is CCCCCN(C(=O)C(CCC(N)=O)NC(=O)OC(C)(C)C)C(C(=O)NCc1ccccc1)c1cc(C)ccc1C. The molecule has 2 rings (SSSR count). The highest BCUT2D eigenvalue weighted by Crippen LogP contribution is 2.28. The zero-order valence-corrected chi connectivity index (χ0v) is 25.3.